The summed E-state index contributed by atoms with van der Waals surface area (Å²) in [6.07, 6.45) is 12.9. The molecule has 0 bridgehead atoms. The van der Waals surface area contributed by atoms with Crippen LogP contribution in [-0.2, 0) is 19.1 Å². The lowest BCUT2D eigenvalue weighted by Crippen LogP contribution is -2.04. The van der Waals surface area contributed by atoms with Crippen LogP contribution in [0.25, 0.3) is 0 Å². The van der Waals surface area contributed by atoms with E-state index in [1.165, 1.54) is 0 Å². The molecule has 0 N–H and O–H groups in total. The van der Waals surface area contributed by atoms with Crippen LogP contribution in [0.3, 0.4) is 0 Å². The van der Waals surface area contributed by atoms with Gasteiger partial charge < -0.3 is 23.7 Å². The Morgan fingerprint density at radius 1 is 0.721 bits per heavy atom. The first-order valence-electron chi connectivity index (χ1n) is 14.1. The molecule has 0 aliphatic heterocycles. The van der Waals surface area contributed by atoms with Gasteiger partial charge in [0, 0.05) is 41.6 Å². The quantitative estimate of drug-likeness (QED) is 0.0674. The van der Waals surface area contributed by atoms with Crippen molar-refractivity contribution in [3.63, 3.8) is 0 Å². The maximum Gasteiger partial charge on any atom is 0.384 e. The summed E-state index contributed by atoms with van der Waals surface area (Å²) in [7, 11) is 1.64. The molecule has 0 aromatic heterocycles. The summed E-state index contributed by atoms with van der Waals surface area (Å²) in [5.74, 6) is 12.5. The number of unbranched alkanes of at least 4 members (excludes halogenated alkanes) is 1. The zero-order valence-electron chi connectivity index (χ0n) is 26.4. The van der Waals surface area contributed by atoms with Crippen LogP contribution in [0.1, 0.15) is 65.5 Å². The SMILES string of the molecule is CC(C)(C)C=O.COCCCCOC(=O)C#Cc1ccc(O/C=C/C=C/C=C/Oc2ccc(C#CC(C)(C)C)cc2)cc1. The summed E-state index contributed by atoms with van der Waals surface area (Å²) >= 11 is 0. The highest BCUT2D eigenvalue weighted by Gasteiger charge is 2.05. The number of rotatable bonds is 11. The molecule has 0 saturated carbocycles. The number of esters is 1. The van der Waals surface area contributed by atoms with Crippen molar-refractivity contribution in [2.24, 2.45) is 10.8 Å². The van der Waals surface area contributed by atoms with Crippen molar-refractivity contribution < 1.29 is 28.5 Å². The maximum atomic E-state index is 11.6. The van der Waals surface area contributed by atoms with E-state index in [1.54, 1.807) is 56.1 Å². The predicted molar refractivity (Wildman–Crippen MR) is 172 cm³/mol. The second-order valence-electron chi connectivity index (χ2n) is 11.4. The predicted octanol–water partition coefficient (Wildman–Crippen LogP) is 7.68. The molecule has 0 radical (unpaired) electrons. The Bertz CT molecular complexity index is 1310. The third kappa shape index (κ3) is 20.9. The minimum Gasteiger partial charge on any atom is -0.465 e. The van der Waals surface area contributed by atoms with Crippen molar-refractivity contribution in [3.8, 4) is 35.2 Å². The van der Waals surface area contributed by atoms with E-state index in [0.717, 1.165) is 30.4 Å². The molecule has 0 spiro atoms. The van der Waals surface area contributed by atoms with Crippen molar-refractivity contribution in [1.29, 1.82) is 0 Å². The molecule has 0 atom stereocenters. The van der Waals surface area contributed by atoms with E-state index in [4.69, 9.17) is 18.9 Å². The normalized spacial score (nSPS) is 11.1. The van der Waals surface area contributed by atoms with Gasteiger partial charge in [-0.25, -0.2) is 4.79 Å². The van der Waals surface area contributed by atoms with Gasteiger partial charge in [0.05, 0.1) is 19.1 Å². The fraction of sp³-hybridized carbons (Fsp3) is 0.351. The molecule has 2 rings (SSSR count). The summed E-state index contributed by atoms with van der Waals surface area (Å²) in [4.78, 5) is 21.5. The monoisotopic (exact) mass is 584 g/mol. The Labute approximate surface area is 257 Å². The second-order valence-corrected chi connectivity index (χ2v) is 11.4. The van der Waals surface area contributed by atoms with E-state index in [0.29, 0.717) is 24.5 Å². The first-order chi connectivity index (χ1) is 20.4. The Kier molecular flexibility index (Phi) is 17.3. The fourth-order valence-corrected chi connectivity index (χ4v) is 2.62. The average Bonchev–Trinajstić information content (AvgIpc) is 2.97. The van der Waals surface area contributed by atoms with E-state index < -0.39 is 5.97 Å². The zero-order chi connectivity index (χ0) is 32.0. The molecule has 2 aromatic rings. The number of aldehydes is 1. The molecule has 6 heteroatoms. The lowest BCUT2D eigenvalue weighted by molar-refractivity contribution is -0.136. The van der Waals surface area contributed by atoms with Crippen molar-refractivity contribution in [3.05, 3.63) is 96.5 Å². The number of carbonyl (C=O) groups is 2. The minimum absolute atomic E-state index is 0.0215. The first kappa shape index (κ1) is 36.5. The highest BCUT2D eigenvalue weighted by Crippen LogP contribution is 2.14. The molecule has 0 saturated heterocycles. The Balaban J connectivity index is 0.00000139. The zero-order valence-corrected chi connectivity index (χ0v) is 26.4. The molecule has 228 valence electrons. The van der Waals surface area contributed by atoms with Gasteiger partial charge >= 0.3 is 5.97 Å². The molecule has 0 unspecified atom stereocenters. The Morgan fingerprint density at radius 3 is 1.63 bits per heavy atom. The van der Waals surface area contributed by atoms with Gasteiger partial charge in [-0.1, -0.05) is 50.7 Å². The van der Waals surface area contributed by atoms with E-state index in [-0.39, 0.29) is 10.8 Å². The van der Waals surface area contributed by atoms with Crippen LogP contribution >= 0.6 is 0 Å². The number of allylic oxidation sites excluding steroid dienone is 4. The molecule has 0 aliphatic carbocycles. The smallest absolute Gasteiger partial charge is 0.384 e. The molecular weight excluding hydrogens is 540 g/mol. The number of benzene rings is 2. The van der Waals surface area contributed by atoms with Gasteiger partial charge in [0.25, 0.3) is 0 Å². The van der Waals surface area contributed by atoms with Gasteiger partial charge in [-0.2, -0.15) is 0 Å². The average molecular weight is 585 g/mol. The van der Waals surface area contributed by atoms with Crippen LogP contribution in [0, 0.1) is 34.5 Å². The third-order valence-electron chi connectivity index (χ3n) is 4.83. The molecule has 0 amide bonds. The van der Waals surface area contributed by atoms with E-state index in [9.17, 15) is 9.59 Å². The van der Waals surface area contributed by atoms with Gasteiger partial charge in [0.2, 0.25) is 0 Å². The third-order valence-corrected chi connectivity index (χ3v) is 4.83. The van der Waals surface area contributed by atoms with Crippen molar-refractivity contribution in [2.45, 2.75) is 54.4 Å². The summed E-state index contributed by atoms with van der Waals surface area (Å²) in [6, 6.07) is 14.8. The lowest BCUT2D eigenvalue weighted by Gasteiger charge is -2.06. The van der Waals surface area contributed by atoms with Gasteiger partial charge in [0.1, 0.15) is 17.8 Å². The Hall–Kier alpha value is -4.52. The summed E-state index contributed by atoms with van der Waals surface area (Å²) in [5, 5.41) is 0. The topological polar surface area (TPSA) is 71.1 Å². The van der Waals surface area contributed by atoms with Gasteiger partial charge in [0.15, 0.2) is 0 Å². The number of hydrogen-bond acceptors (Lipinski definition) is 6. The largest absolute Gasteiger partial charge is 0.465 e. The van der Waals surface area contributed by atoms with Gasteiger partial charge in [-0.05, 0) is 94.3 Å². The van der Waals surface area contributed by atoms with Crippen LogP contribution in [-0.4, -0.2) is 32.6 Å². The summed E-state index contributed by atoms with van der Waals surface area (Å²) < 4.78 is 21.1. The number of ether oxygens (including phenoxy) is 4. The fourth-order valence-electron chi connectivity index (χ4n) is 2.62. The molecule has 43 heavy (non-hydrogen) atoms. The highest BCUT2D eigenvalue weighted by molar-refractivity contribution is 5.89. The highest BCUT2D eigenvalue weighted by atomic mass is 16.5. The van der Waals surface area contributed by atoms with Crippen LogP contribution in [0.15, 0.2) is 85.4 Å². The number of methoxy groups -OCH3 is 1. The minimum atomic E-state index is -0.536. The van der Waals surface area contributed by atoms with E-state index in [2.05, 4.69) is 44.5 Å². The van der Waals surface area contributed by atoms with Crippen molar-refractivity contribution >= 4 is 12.3 Å². The molecule has 2 aromatic carbocycles. The lowest BCUT2D eigenvalue weighted by atomic mass is 9.97. The number of carbonyl (C=O) groups excluding carboxylic acids is 2. The first-order valence-corrected chi connectivity index (χ1v) is 14.1. The standard InChI is InChI=1S/C32H34O5.C5H10O/c1-32(2,3)22-21-28-13-18-30(19-14-28)36-25-8-6-5-7-24-35-29-16-11-27(12-17-29)15-20-31(33)37-26-10-9-23-34-4;1-5(2,3)4-6/h5-8,11-14,16-19,24-25H,9-10,23,26H2,1-4H3;4H,1-3H3/b6-5+,24-7+,25-8+;. The van der Waals surface area contributed by atoms with E-state index in [1.807, 2.05) is 57.2 Å². The maximum absolute atomic E-state index is 11.6. The van der Waals surface area contributed by atoms with Gasteiger partial charge in [-0.3, -0.25) is 0 Å². The van der Waals surface area contributed by atoms with Gasteiger partial charge in [-0.15, -0.1) is 0 Å². The van der Waals surface area contributed by atoms with Crippen LogP contribution in [0.5, 0.6) is 11.5 Å². The van der Waals surface area contributed by atoms with Crippen LogP contribution in [0.4, 0.5) is 0 Å². The van der Waals surface area contributed by atoms with Crippen molar-refractivity contribution in [1.82, 2.24) is 0 Å². The van der Waals surface area contributed by atoms with E-state index >= 15 is 0 Å². The van der Waals surface area contributed by atoms with Crippen LogP contribution in [0.2, 0.25) is 0 Å². The molecule has 0 aliphatic rings. The second kappa shape index (κ2) is 20.4. The number of hydrogen-bond donors (Lipinski definition) is 0. The van der Waals surface area contributed by atoms with Crippen molar-refractivity contribution in [2.75, 3.05) is 20.3 Å². The molecular formula is C37H44O6. The summed E-state index contributed by atoms with van der Waals surface area (Å²) in [6.45, 7) is 12.9. The summed E-state index contributed by atoms with van der Waals surface area (Å²) in [5.41, 5.74) is 1.50. The molecule has 0 fully saturated rings. The Morgan fingerprint density at radius 2 is 1.19 bits per heavy atom. The molecule has 6 nitrogen and oxygen atoms in total. The van der Waals surface area contributed by atoms with Crippen LogP contribution < -0.4 is 9.47 Å². The molecule has 0 heterocycles.